The number of rotatable bonds is 4. The largest absolute Gasteiger partial charge is 0.330 e. The van der Waals surface area contributed by atoms with Gasteiger partial charge in [0.1, 0.15) is 0 Å². The second-order valence-electron chi connectivity index (χ2n) is 6.36. The lowest BCUT2D eigenvalue weighted by Crippen LogP contribution is -2.30. The van der Waals surface area contributed by atoms with Gasteiger partial charge in [-0.25, -0.2) is 0 Å². The van der Waals surface area contributed by atoms with Crippen molar-refractivity contribution in [1.82, 2.24) is 5.32 Å². The van der Waals surface area contributed by atoms with Gasteiger partial charge in [-0.05, 0) is 56.5 Å². The topological polar surface area (TPSA) is 38.0 Å². The molecule has 3 N–H and O–H groups in total. The molecule has 2 nitrogen and oxygen atoms in total. The smallest absolute Gasteiger partial charge is 0.00671 e. The van der Waals surface area contributed by atoms with E-state index in [4.69, 9.17) is 5.73 Å². The zero-order chi connectivity index (χ0) is 12.0. The maximum Gasteiger partial charge on any atom is 0.00671 e. The monoisotopic (exact) mass is 226 g/mol. The van der Waals surface area contributed by atoms with Crippen molar-refractivity contribution < 1.29 is 0 Å². The molecule has 0 aromatic heterocycles. The van der Waals surface area contributed by atoms with Gasteiger partial charge >= 0.3 is 0 Å². The summed E-state index contributed by atoms with van der Waals surface area (Å²) < 4.78 is 0. The second kappa shape index (κ2) is 6.61. The minimum atomic E-state index is 0.492. The highest BCUT2D eigenvalue weighted by molar-refractivity contribution is 4.81. The molecule has 0 saturated heterocycles. The Morgan fingerprint density at radius 3 is 2.50 bits per heavy atom. The predicted molar refractivity (Wildman–Crippen MR) is 71.5 cm³/mol. The maximum atomic E-state index is 5.51. The molecule has 96 valence electrons. The van der Waals surface area contributed by atoms with Crippen molar-refractivity contribution in [3.05, 3.63) is 0 Å². The summed E-state index contributed by atoms with van der Waals surface area (Å²) in [5.41, 5.74) is 6.01. The van der Waals surface area contributed by atoms with Gasteiger partial charge in [0, 0.05) is 6.04 Å². The first-order valence-electron chi connectivity index (χ1n) is 6.97. The fraction of sp³-hybridized carbons (Fsp3) is 1.00. The van der Waals surface area contributed by atoms with Gasteiger partial charge in [-0.3, -0.25) is 0 Å². The highest BCUT2D eigenvalue weighted by atomic mass is 14.9. The highest BCUT2D eigenvalue weighted by Crippen LogP contribution is 2.36. The maximum absolute atomic E-state index is 5.51. The Hall–Kier alpha value is -0.0800. The van der Waals surface area contributed by atoms with E-state index in [1.54, 1.807) is 0 Å². The summed E-state index contributed by atoms with van der Waals surface area (Å²) in [4.78, 5) is 0. The zero-order valence-corrected chi connectivity index (χ0v) is 11.4. The molecule has 0 heterocycles. The molecule has 2 unspecified atom stereocenters. The average Bonchev–Trinajstić information content (AvgIpc) is 2.43. The van der Waals surface area contributed by atoms with Crippen molar-refractivity contribution in [2.75, 3.05) is 13.1 Å². The van der Waals surface area contributed by atoms with E-state index in [9.17, 15) is 0 Å². The summed E-state index contributed by atoms with van der Waals surface area (Å²) in [7, 11) is 0. The van der Waals surface area contributed by atoms with E-state index in [0.29, 0.717) is 5.41 Å². The third-order valence-corrected chi connectivity index (χ3v) is 4.01. The molecule has 0 spiro atoms. The van der Waals surface area contributed by atoms with Gasteiger partial charge in [-0.15, -0.1) is 0 Å². The SMILES string of the molecule is CC(C)(C)C1CCCC(NCCCN)CC1. The molecule has 2 heteroatoms. The summed E-state index contributed by atoms with van der Waals surface area (Å²) in [5.74, 6) is 0.911. The zero-order valence-electron chi connectivity index (χ0n) is 11.4. The first-order valence-corrected chi connectivity index (χ1v) is 6.97. The molecule has 0 aromatic carbocycles. The molecule has 1 fully saturated rings. The lowest BCUT2D eigenvalue weighted by molar-refractivity contribution is 0.213. The van der Waals surface area contributed by atoms with Crippen LogP contribution in [0.4, 0.5) is 0 Å². The van der Waals surface area contributed by atoms with Crippen LogP contribution in [0.1, 0.15) is 59.3 Å². The van der Waals surface area contributed by atoms with E-state index in [-0.39, 0.29) is 0 Å². The molecular formula is C14H30N2. The van der Waals surface area contributed by atoms with E-state index in [0.717, 1.165) is 31.5 Å². The fourth-order valence-electron chi connectivity index (χ4n) is 2.78. The van der Waals surface area contributed by atoms with Gasteiger partial charge in [-0.2, -0.15) is 0 Å². The number of nitrogens with one attached hydrogen (secondary N) is 1. The number of hydrogen-bond donors (Lipinski definition) is 2. The van der Waals surface area contributed by atoms with Crippen LogP contribution in [0.25, 0.3) is 0 Å². The van der Waals surface area contributed by atoms with Crippen LogP contribution in [0.15, 0.2) is 0 Å². The summed E-state index contributed by atoms with van der Waals surface area (Å²) in [6.07, 6.45) is 8.02. The number of nitrogens with two attached hydrogens (primary N) is 1. The van der Waals surface area contributed by atoms with Crippen molar-refractivity contribution in [3.63, 3.8) is 0 Å². The van der Waals surface area contributed by atoms with Crippen LogP contribution in [0.2, 0.25) is 0 Å². The minimum absolute atomic E-state index is 0.492. The Balaban J connectivity index is 2.29. The standard InChI is InChI=1S/C14H30N2/c1-14(2,3)12-6-4-7-13(9-8-12)16-11-5-10-15/h12-13,16H,4-11,15H2,1-3H3. The molecular weight excluding hydrogens is 196 g/mol. The van der Waals surface area contributed by atoms with Gasteiger partial charge < -0.3 is 11.1 Å². The molecule has 0 amide bonds. The van der Waals surface area contributed by atoms with E-state index in [2.05, 4.69) is 26.1 Å². The van der Waals surface area contributed by atoms with Crippen LogP contribution in [-0.4, -0.2) is 19.1 Å². The second-order valence-corrected chi connectivity index (χ2v) is 6.36. The Kier molecular flexibility index (Phi) is 5.77. The van der Waals surface area contributed by atoms with Crippen LogP contribution in [0, 0.1) is 11.3 Å². The van der Waals surface area contributed by atoms with Crippen LogP contribution in [0.5, 0.6) is 0 Å². The summed E-state index contributed by atoms with van der Waals surface area (Å²) >= 11 is 0. The van der Waals surface area contributed by atoms with Gasteiger partial charge in [0.15, 0.2) is 0 Å². The summed E-state index contributed by atoms with van der Waals surface area (Å²) in [6, 6.07) is 0.749. The van der Waals surface area contributed by atoms with Crippen molar-refractivity contribution in [2.45, 2.75) is 65.3 Å². The minimum Gasteiger partial charge on any atom is -0.330 e. The normalized spacial score (nSPS) is 27.8. The van der Waals surface area contributed by atoms with Crippen molar-refractivity contribution >= 4 is 0 Å². The molecule has 1 saturated carbocycles. The highest BCUT2D eigenvalue weighted by Gasteiger charge is 2.27. The van der Waals surface area contributed by atoms with E-state index in [1.807, 2.05) is 0 Å². The van der Waals surface area contributed by atoms with E-state index in [1.165, 1.54) is 32.1 Å². The summed E-state index contributed by atoms with van der Waals surface area (Å²) in [6.45, 7) is 9.07. The van der Waals surface area contributed by atoms with Crippen molar-refractivity contribution in [2.24, 2.45) is 17.1 Å². The van der Waals surface area contributed by atoms with Crippen LogP contribution in [-0.2, 0) is 0 Å². The van der Waals surface area contributed by atoms with Crippen molar-refractivity contribution in [1.29, 1.82) is 0 Å². The van der Waals surface area contributed by atoms with Crippen LogP contribution < -0.4 is 11.1 Å². The first kappa shape index (κ1) is 14.0. The molecule has 0 aliphatic heterocycles. The number of hydrogen-bond acceptors (Lipinski definition) is 2. The molecule has 0 bridgehead atoms. The van der Waals surface area contributed by atoms with E-state index < -0.39 is 0 Å². The van der Waals surface area contributed by atoms with Crippen LogP contribution in [0.3, 0.4) is 0 Å². The van der Waals surface area contributed by atoms with Gasteiger partial charge in [0.05, 0.1) is 0 Å². The predicted octanol–water partition coefficient (Wildman–Crippen LogP) is 2.92. The lowest BCUT2D eigenvalue weighted by Gasteiger charge is -2.29. The van der Waals surface area contributed by atoms with Gasteiger partial charge in [0.25, 0.3) is 0 Å². The molecule has 0 aromatic rings. The average molecular weight is 226 g/mol. The third-order valence-electron chi connectivity index (χ3n) is 4.01. The molecule has 16 heavy (non-hydrogen) atoms. The lowest BCUT2D eigenvalue weighted by atomic mass is 9.76. The molecule has 1 aliphatic rings. The summed E-state index contributed by atoms with van der Waals surface area (Å²) in [5, 5.41) is 3.65. The quantitative estimate of drug-likeness (QED) is 0.571. The molecule has 0 radical (unpaired) electrons. The first-order chi connectivity index (χ1) is 7.54. The Bertz CT molecular complexity index is 184. The van der Waals surface area contributed by atoms with Gasteiger partial charge in [-0.1, -0.05) is 27.2 Å². The van der Waals surface area contributed by atoms with Crippen LogP contribution >= 0.6 is 0 Å². The third kappa shape index (κ3) is 4.84. The van der Waals surface area contributed by atoms with E-state index >= 15 is 0 Å². The fourth-order valence-corrected chi connectivity index (χ4v) is 2.78. The molecule has 1 rings (SSSR count). The van der Waals surface area contributed by atoms with Crippen molar-refractivity contribution in [3.8, 4) is 0 Å². The molecule has 2 atom stereocenters. The Morgan fingerprint density at radius 2 is 1.88 bits per heavy atom. The Labute approximate surface area is 101 Å². The molecule has 1 aliphatic carbocycles. The Morgan fingerprint density at radius 1 is 1.12 bits per heavy atom. The van der Waals surface area contributed by atoms with Gasteiger partial charge in [0.2, 0.25) is 0 Å².